The maximum Gasteiger partial charge on any atom is 0.147 e. The Bertz CT molecular complexity index is 508. The van der Waals surface area contributed by atoms with Gasteiger partial charge in [0.1, 0.15) is 5.84 Å². The molecular formula is C13H12BrN3. The van der Waals surface area contributed by atoms with Gasteiger partial charge in [-0.25, -0.2) is 5.84 Å². The second-order valence-corrected chi connectivity index (χ2v) is 4.48. The van der Waals surface area contributed by atoms with Crippen LogP contribution in [0.5, 0.6) is 0 Å². The van der Waals surface area contributed by atoms with Crippen LogP contribution in [0.3, 0.4) is 0 Å². The number of hydrogen-bond donors (Lipinski definition) is 2. The average molecular weight is 290 g/mol. The van der Waals surface area contributed by atoms with E-state index < -0.39 is 0 Å². The van der Waals surface area contributed by atoms with E-state index in [9.17, 15) is 0 Å². The lowest BCUT2D eigenvalue weighted by molar-refractivity contribution is 1.11. The third-order valence-electron chi connectivity index (χ3n) is 2.39. The van der Waals surface area contributed by atoms with Crippen LogP contribution in [-0.4, -0.2) is 5.84 Å². The Morgan fingerprint density at radius 2 is 1.59 bits per heavy atom. The number of benzene rings is 2. The summed E-state index contributed by atoms with van der Waals surface area (Å²) < 4.78 is 0.987. The third kappa shape index (κ3) is 2.72. The Hall–Kier alpha value is -1.65. The van der Waals surface area contributed by atoms with E-state index in [2.05, 4.69) is 15.9 Å². The molecule has 3 N–H and O–H groups in total. The number of nitrogens with two attached hydrogens (primary N) is 1. The largest absolute Gasteiger partial charge is 0.283 e. The summed E-state index contributed by atoms with van der Waals surface area (Å²) in [5.41, 5.74) is 1.57. The van der Waals surface area contributed by atoms with Gasteiger partial charge in [-0.3, -0.25) is 10.4 Å². The van der Waals surface area contributed by atoms with Gasteiger partial charge in [0, 0.05) is 10.0 Å². The van der Waals surface area contributed by atoms with Gasteiger partial charge in [-0.05, 0) is 24.3 Å². The van der Waals surface area contributed by atoms with E-state index in [-0.39, 0.29) is 5.84 Å². The number of nitrogens with zero attached hydrogens (tertiary/aromatic N) is 1. The van der Waals surface area contributed by atoms with Crippen molar-refractivity contribution in [1.29, 1.82) is 5.41 Å². The highest BCUT2D eigenvalue weighted by atomic mass is 79.9. The molecule has 0 aliphatic rings. The molecule has 0 spiro atoms. The molecule has 4 heteroatoms. The number of nitrogens with one attached hydrogen (secondary N) is 1. The van der Waals surface area contributed by atoms with Gasteiger partial charge in [0.15, 0.2) is 0 Å². The summed E-state index contributed by atoms with van der Waals surface area (Å²) in [6.45, 7) is 0. The first kappa shape index (κ1) is 11.8. The first-order valence-corrected chi connectivity index (χ1v) is 5.92. The third-order valence-corrected chi connectivity index (χ3v) is 2.92. The molecular weight excluding hydrogens is 278 g/mol. The van der Waals surface area contributed by atoms with E-state index in [1.165, 1.54) is 5.01 Å². The van der Waals surface area contributed by atoms with Crippen LogP contribution in [0.4, 0.5) is 5.69 Å². The smallest absolute Gasteiger partial charge is 0.147 e. The number of amidine groups is 1. The predicted molar refractivity (Wildman–Crippen MR) is 74.1 cm³/mol. The molecule has 2 aromatic carbocycles. The van der Waals surface area contributed by atoms with Crippen LogP contribution in [0, 0.1) is 5.41 Å². The monoisotopic (exact) mass is 289 g/mol. The summed E-state index contributed by atoms with van der Waals surface area (Å²) in [5.74, 6) is 6.19. The van der Waals surface area contributed by atoms with Gasteiger partial charge in [-0.2, -0.15) is 0 Å². The summed E-state index contributed by atoms with van der Waals surface area (Å²) >= 11 is 3.36. The van der Waals surface area contributed by atoms with Crippen LogP contribution in [-0.2, 0) is 0 Å². The van der Waals surface area contributed by atoms with Gasteiger partial charge < -0.3 is 0 Å². The molecule has 0 saturated carbocycles. The average Bonchev–Trinajstić information content (AvgIpc) is 2.39. The highest BCUT2D eigenvalue weighted by molar-refractivity contribution is 9.10. The van der Waals surface area contributed by atoms with Crippen LogP contribution in [0.15, 0.2) is 59.1 Å². The standard InChI is InChI=1S/C13H12BrN3/c14-11-6-8-12(9-7-11)17(16)13(15)10-4-2-1-3-5-10/h1-9,15H,16H2. The molecule has 2 rings (SSSR count). The van der Waals surface area contributed by atoms with Crippen LogP contribution in [0.2, 0.25) is 0 Å². The van der Waals surface area contributed by atoms with Gasteiger partial charge >= 0.3 is 0 Å². The van der Waals surface area contributed by atoms with Crippen LogP contribution < -0.4 is 10.9 Å². The molecule has 0 fully saturated rings. The molecule has 0 heterocycles. The van der Waals surface area contributed by atoms with Gasteiger partial charge in [0.2, 0.25) is 0 Å². The molecule has 0 radical (unpaired) electrons. The van der Waals surface area contributed by atoms with Crippen molar-refractivity contribution in [2.45, 2.75) is 0 Å². The van der Waals surface area contributed by atoms with Gasteiger partial charge in [-0.1, -0.05) is 46.3 Å². The summed E-state index contributed by atoms with van der Waals surface area (Å²) in [7, 11) is 0. The van der Waals surface area contributed by atoms with Crippen molar-refractivity contribution in [2.75, 3.05) is 5.01 Å². The number of hydrogen-bond acceptors (Lipinski definition) is 2. The first-order chi connectivity index (χ1) is 8.18. The quantitative estimate of drug-likeness (QED) is 0.386. The molecule has 2 aromatic rings. The van der Waals surface area contributed by atoms with E-state index in [0.717, 1.165) is 15.7 Å². The highest BCUT2D eigenvalue weighted by Gasteiger charge is 2.09. The minimum absolute atomic E-state index is 0.271. The van der Waals surface area contributed by atoms with Gasteiger partial charge in [0.25, 0.3) is 0 Å². The molecule has 0 amide bonds. The zero-order valence-electron chi connectivity index (χ0n) is 9.10. The maximum atomic E-state index is 8.02. The Morgan fingerprint density at radius 3 is 2.18 bits per heavy atom. The first-order valence-electron chi connectivity index (χ1n) is 5.13. The van der Waals surface area contributed by atoms with E-state index in [1.54, 1.807) is 0 Å². The minimum Gasteiger partial charge on any atom is -0.283 e. The number of anilines is 1. The fraction of sp³-hybridized carbons (Fsp3) is 0. The van der Waals surface area contributed by atoms with Crippen LogP contribution in [0.1, 0.15) is 5.56 Å². The lowest BCUT2D eigenvalue weighted by atomic mass is 10.2. The maximum absolute atomic E-state index is 8.02. The second kappa shape index (κ2) is 5.12. The van der Waals surface area contributed by atoms with Crippen molar-refractivity contribution in [3.63, 3.8) is 0 Å². The van der Waals surface area contributed by atoms with Crippen LogP contribution >= 0.6 is 15.9 Å². The molecule has 0 unspecified atom stereocenters. The Kier molecular flexibility index (Phi) is 3.56. The van der Waals surface area contributed by atoms with Gasteiger partial charge in [-0.15, -0.1) is 0 Å². The molecule has 86 valence electrons. The second-order valence-electron chi connectivity index (χ2n) is 3.56. The molecule has 0 atom stereocenters. The fourth-order valence-corrected chi connectivity index (χ4v) is 1.73. The summed E-state index contributed by atoms with van der Waals surface area (Å²) in [6.07, 6.45) is 0. The van der Waals surface area contributed by atoms with E-state index in [4.69, 9.17) is 11.3 Å². The summed E-state index contributed by atoms with van der Waals surface area (Å²) in [6, 6.07) is 16.9. The van der Waals surface area contributed by atoms with Crippen molar-refractivity contribution in [3.05, 3.63) is 64.6 Å². The molecule has 17 heavy (non-hydrogen) atoms. The lowest BCUT2D eigenvalue weighted by Gasteiger charge is -2.19. The molecule has 0 aliphatic heterocycles. The van der Waals surface area contributed by atoms with Crippen molar-refractivity contribution in [2.24, 2.45) is 5.84 Å². The topological polar surface area (TPSA) is 53.1 Å². The number of rotatable bonds is 2. The zero-order valence-corrected chi connectivity index (χ0v) is 10.7. The number of halogens is 1. The van der Waals surface area contributed by atoms with E-state index in [0.29, 0.717) is 0 Å². The Morgan fingerprint density at radius 1 is 1.00 bits per heavy atom. The fourth-order valence-electron chi connectivity index (χ4n) is 1.47. The van der Waals surface area contributed by atoms with E-state index >= 15 is 0 Å². The number of hydrazine groups is 1. The van der Waals surface area contributed by atoms with Crippen molar-refractivity contribution >= 4 is 27.5 Å². The summed E-state index contributed by atoms with van der Waals surface area (Å²) in [4.78, 5) is 0. The Balaban J connectivity index is 2.23. The Labute approximate surface area is 108 Å². The molecule has 0 bridgehead atoms. The lowest BCUT2D eigenvalue weighted by Crippen LogP contribution is -2.37. The van der Waals surface area contributed by atoms with E-state index in [1.807, 2.05) is 54.6 Å². The van der Waals surface area contributed by atoms with Crippen molar-refractivity contribution < 1.29 is 0 Å². The van der Waals surface area contributed by atoms with Gasteiger partial charge in [0.05, 0.1) is 5.69 Å². The molecule has 0 aliphatic carbocycles. The summed E-state index contributed by atoms with van der Waals surface area (Å²) in [5, 5.41) is 9.38. The SMILES string of the molecule is N=C(c1ccccc1)N(N)c1ccc(Br)cc1. The normalized spacial score (nSPS) is 10.0. The molecule has 0 aromatic heterocycles. The molecule has 3 nitrogen and oxygen atoms in total. The zero-order chi connectivity index (χ0) is 12.3. The molecule has 0 saturated heterocycles. The van der Waals surface area contributed by atoms with Crippen molar-refractivity contribution in [3.8, 4) is 0 Å². The van der Waals surface area contributed by atoms with Crippen LogP contribution in [0.25, 0.3) is 0 Å². The van der Waals surface area contributed by atoms with Crippen molar-refractivity contribution in [1.82, 2.24) is 0 Å². The predicted octanol–water partition coefficient (Wildman–Crippen LogP) is 3.15. The highest BCUT2D eigenvalue weighted by Crippen LogP contribution is 2.17. The minimum atomic E-state index is 0.271.